The Morgan fingerprint density at radius 2 is 2.33 bits per heavy atom. The van der Waals surface area contributed by atoms with Crippen LogP contribution in [0.1, 0.15) is 36.5 Å². The lowest BCUT2D eigenvalue weighted by Crippen LogP contribution is -2.18. The smallest absolute Gasteiger partial charge is 0.158 e. The minimum atomic E-state index is -0.908. The third kappa shape index (κ3) is 3.28. The zero-order chi connectivity index (χ0) is 13.0. The lowest BCUT2D eigenvalue weighted by Gasteiger charge is -2.25. The van der Waals surface area contributed by atoms with E-state index in [9.17, 15) is 9.50 Å². The maximum Gasteiger partial charge on any atom is 0.158 e. The summed E-state index contributed by atoms with van der Waals surface area (Å²) >= 11 is 0. The fraction of sp³-hybridized carbons (Fsp3) is 0.571. The molecule has 4 heteroatoms. The number of aliphatic hydroxyl groups excluding tert-OH is 1. The Balaban J connectivity index is 2.21. The van der Waals surface area contributed by atoms with E-state index in [4.69, 9.17) is 9.47 Å². The summed E-state index contributed by atoms with van der Waals surface area (Å²) < 4.78 is 23.8. The van der Waals surface area contributed by atoms with Crippen molar-refractivity contribution in [2.24, 2.45) is 0 Å². The quantitative estimate of drug-likeness (QED) is 0.839. The van der Waals surface area contributed by atoms with E-state index in [-0.39, 0.29) is 18.3 Å². The van der Waals surface area contributed by atoms with Crippen LogP contribution in [0.25, 0.3) is 0 Å². The standard InChI is InChI=1S/C14H19FO3/c1-17-14(16)9-10-8-11(15)5-6-12(10)13-4-2-3-7-18-13/h5-6,8,13-14,16H,2-4,7,9H2,1H3. The molecule has 2 rings (SSSR count). The van der Waals surface area contributed by atoms with Crippen LogP contribution in [-0.4, -0.2) is 25.1 Å². The Labute approximate surface area is 107 Å². The zero-order valence-corrected chi connectivity index (χ0v) is 10.6. The van der Waals surface area contributed by atoms with Crippen molar-refractivity contribution in [3.8, 4) is 0 Å². The van der Waals surface area contributed by atoms with Crippen LogP contribution in [0.5, 0.6) is 0 Å². The van der Waals surface area contributed by atoms with Crippen molar-refractivity contribution in [3.63, 3.8) is 0 Å². The van der Waals surface area contributed by atoms with E-state index >= 15 is 0 Å². The first-order chi connectivity index (χ1) is 8.70. The van der Waals surface area contributed by atoms with E-state index in [0.717, 1.165) is 37.0 Å². The van der Waals surface area contributed by atoms with Gasteiger partial charge in [0, 0.05) is 20.1 Å². The molecule has 1 aliphatic rings. The molecule has 1 fully saturated rings. The Bertz CT molecular complexity index is 389. The molecule has 0 aliphatic carbocycles. The van der Waals surface area contributed by atoms with E-state index in [2.05, 4.69) is 0 Å². The highest BCUT2D eigenvalue weighted by Crippen LogP contribution is 2.31. The summed E-state index contributed by atoms with van der Waals surface area (Å²) in [6.45, 7) is 0.744. The maximum absolute atomic E-state index is 13.3. The van der Waals surface area contributed by atoms with Crippen molar-refractivity contribution in [1.29, 1.82) is 0 Å². The first-order valence-electron chi connectivity index (χ1n) is 6.31. The minimum absolute atomic E-state index is 0.0124. The zero-order valence-electron chi connectivity index (χ0n) is 10.6. The van der Waals surface area contributed by atoms with Crippen LogP contribution in [0.15, 0.2) is 18.2 Å². The van der Waals surface area contributed by atoms with Gasteiger partial charge in [-0.15, -0.1) is 0 Å². The fourth-order valence-corrected chi connectivity index (χ4v) is 2.32. The van der Waals surface area contributed by atoms with Crippen molar-refractivity contribution in [2.45, 2.75) is 38.1 Å². The van der Waals surface area contributed by atoms with Gasteiger partial charge in [0.05, 0.1) is 6.10 Å². The maximum atomic E-state index is 13.3. The van der Waals surface area contributed by atoms with E-state index in [1.54, 1.807) is 6.07 Å². The van der Waals surface area contributed by atoms with Crippen LogP contribution >= 0.6 is 0 Å². The molecule has 2 atom stereocenters. The van der Waals surface area contributed by atoms with Crippen molar-refractivity contribution >= 4 is 0 Å². The molecule has 0 amide bonds. The van der Waals surface area contributed by atoms with E-state index in [1.807, 2.05) is 0 Å². The summed E-state index contributed by atoms with van der Waals surface area (Å²) in [4.78, 5) is 0. The number of hydrogen-bond acceptors (Lipinski definition) is 3. The molecular weight excluding hydrogens is 235 g/mol. The summed E-state index contributed by atoms with van der Waals surface area (Å²) in [5.41, 5.74) is 1.73. The number of methoxy groups -OCH3 is 1. The fourth-order valence-electron chi connectivity index (χ4n) is 2.32. The molecule has 1 aromatic rings. The van der Waals surface area contributed by atoms with Crippen LogP contribution in [-0.2, 0) is 15.9 Å². The number of halogens is 1. The Morgan fingerprint density at radius 1 is 1.50 bits per heavy atom. The average molecular weight is 254 g/mol. The van der Waals surface area contributed by atoms with Crippen molar-refractivity contribution in [3.05, 3.63) is 35.1 Å². The van der Waals surface area contributed by atoms with Crippen LogP contribution in [0.3, 0.4) is 0 Å². The first kappa shape index (κ1) is 13.5. The number of aliphatic hydroxyl groups is 1. The van der Waals surface area contributed by atoms with Gasteiger partial charge in [-0.1, -0.05) is 6.07 Å². The molecule has 3 nitrogen and oxygen atoms in total. The Kier molecular flexibility index (Phi) is 4.69. The second kappa shape index (κ2) is 6.27. The lowest BCUT2D eigenvalue weighted by molar-refractivity contribution is -0.0726. The molecule has 1 heterocycles. The summed E-state index contributed by atoms with van der Waals surface area (Å²) in [5, 5.41) is 9.54. The molecule has 2 unspecified atom stereocenters. The topological polar surface area (TPSA) is 38.7 Å². The molecule has 0 saturated carbocycles. The first-order valence-corrected chi connectivity index (χ1v) is 6.31. The molecule has 0 radical (unpaired) electrons. The van der Waals surface area contributed by atoms with E-state index in [1.165, 1.54) is 19.2 Å². The number of benzene rings is 1. The molecule has 100 valence electrons. The van der Waals surface area contributed by atoms with Gasteiger partial charge in [0.25, 0.3) is 0 Å². The van der Waals surface area contributed by atoms with E-state index < -0.39 is 6.29 Å². The second-order valence-corrected chi connectivity index (χ2v) is 4.59. The molecule has 0 spiro atoms. The van der Waals surface area contributed by atoms with Gasteiger partial charge in [-0.05, 0) is 42.5 Å². The number of ether oxygens (including phenoxy) is 2. The number of rotatable bonds is 4. The Morgan fingerprint density at radius 3 is 3.00 bits per heavy atom. The largest absolute Gasteiger partial charge is 0.374 e. The third-order valence-corrected chi connectivity index (χ3v) is 3.30. The highest BCUT2D eigenvalue weighted by atomic mass is 19.1. The summed E-state index contributed by atoms with van der Waals surface area (Å²) in [7, 11) is 1.43. The van der Waals surface area contributed by atoms with Crippen LogP contribution in [0, 0.1) is 5.82 Å². The highest BCUT2D eigenvalue weighted by Gasteiger charge is 2.20. The van der Waals surface area contributed by atoms with Gasteiger partial charge in [0.15, 0.2) is 6.29 Å². The SMILES string of the molecule is COC(O)Cc1cc(F)ccc1C1CCCCO1. The third-order valence-electron chi connectivity index (χ3n) is 3.30. The lowest BCUT2D eigenvalue weighted by atomic mass is 9.95. The van der Waals surface area contributed by atoms with Gasteiger partial charge in [-0.25, -0.2) is 4.39 Å². The van der Waals surface area contributed by atoms with Crippen molar-refractivity contribution in [2.75, 3.05) is 13.7 Å². The average Bonchev–Trinajstić information content (AvgIpc) is 2.40. The molecule has 1 aliphatic heterocycles. The molecule has 0 bridgehead atoms. The van der Waals surface area contributed by atoms with Crippen molar-refractivity contribution < 1.29 is 19.0 Å². The van der Waals surface area contributed by atoms with Gasteiger partial charge in [-0.2, -0.15) is 0 Å². The highest BCUT2D eigenvalue weighted by molar-refractivity contribution is 5.30. The van der Waals surface area contributed by atoms with Gasteiger partial charge in [-0.3, -0.25) is 0 Å². The monoisotopic (exact) mass is 254 g/mol. The predicted molar refractivity (Wildman–Crippen MR) is 65.7 cm³/mol. The summed E-state index contributed by atoms with van der Waals surface area (Å²) in [5.74, 6) is -0.298. The minimum Gasteiger partial charge on any atom is -0.374 e. The molecule has 18 heavy (non-hydrogen) atoms. The van der Waals surface area contributed by atoms with Crippen LogP contribution in [0.2, 0.25) is 0 Å². The molecule has 1 aromatic carbocycles. The number of hydrogen-bond donors (Lipinski definition) is 1. The van der Waals surface area contributed by atoms with Crippen LogP contribution < -0.4 is 0 Å². The van der Waals surface area contributed by atoms with Gasteiger partial charge >= 0.3 is 0 Å². The molecular formula is C14H19FO3. The predicted octanol–water partition coefficient (Wildman–Crippen LogP) is 2.57. The van der Waals surface area contributed by atoms with Crippen LogP contribution in [0.4, 0.5) is 4.39 Å². The normalized spacial score (nSPS) is 21.8. The van der Waals surface area contributed by atoms with Gasteiger partial charge in [0.1, 0.15) is 5.82 Å². The molecule has 1 N–H and O–H groups in total. The summed E-state index contributed by atoms with van der Waals surface area (Å²) in [6, 6.07) is 4.65. The summed E-state index contributed by atoms with van der Waals surface area (Å²) in [6.07, 6.45) is 2.53. The second-order valence-electron chi connectivity index (χ2n) is 4.59. The van der Waals surface area contributed by atoms with Gasteiger partial charge in [0.2, 0.25) is 0 Å². The Hall–Kier alpha value is -0.970. The molecule has 1 saturated heterocycles. The van der Waals surface area contributed by atoms with Gasteiger partial charge < -0.3 is 14.6 Å². The van der Waals surface area contributed by atoms with E-state index in [0.29, 0.717) is 0 Å². The molecule has 0 aromatic heterocycles. The van der Waals surface area contributed by atoms with Crippen molar-refractivity contribution in [1.82, 2.24) is 0 Å².